The molecular weight excluding hydrogens is 352 g/mol. The number of carbonyl (C=O) groups excluding carboxylic acids is 3. The highest BCUT2D eigenvalue weighted by Crippen LogP contribution is 2.27. The lowest BCUT2D eigenvalue weighted by atomic mass is 10.1. The van der Waals surface area contributed by atoms with Crippen molar-refractivity contribution >= 4 is 28.9 Å². The first-order chi connectivity index (χ1) is 13.1. The van der Waals surface area contributed by atoms with E-state index in [4.69, 9.17) is 13.9 Å². The van der Waals surface area contributed by atoms with Gasteiger partial charge in [0.1, 0.15) is 5.58 Å². The van der Waals surface area contributed by atoms with Crippen LogP contribution in [0.1, 0.15) is 42.8 Å². The minimum absolute atomic E-state index is 0.00940. The smallest absolute Gasteiger partial charge is 0.375 e. The number of fused-ring (bicyclic) bond motifs is 1. The molecule has 0 fully saturated rings. The normalized spacial score (nSPS) is 10.6. The van der Waals surface area contributed by atoms with Crippen LogP contribution in [0.25, 0.3) is 11.0 Å². The molecule has 146 valence electrons. The quantitative estimate of drug-likeness (QED) is 0.515. The molecule has 0 unspecified atom stereocenters. The van der Waals surface area contributed by atoms with Crippen molar-refractivity contribution in [3.8, 4) is 0 Å². The highest BCUT2D eigenvalue weighted by atomic mass is 16.5. The van der Waals surface area contributed by atoms with Crippen LogP contribution in [0.5, 0.6) is 0 Å². The Bertz CT molecular complexity index is 799. The number of hydrogen-bond acceptors (Lipinski definition) is 6. The Hall–Kier alpha value is -2.87. The van der Waals surface area contributed by atoms with Gasteiger partial charge in [-0.3, -0.25) is 10.1 Å². The maximum Gasteiger partial charge on any atom is 0.375 e. The van der Waals surface area contributed by atoms with E-state index in [1.54, 1.807) is 12.1 Å². The fraction of sp³-hybridized carbons (Fsp3) is 0.421. The predicted molar refractivity (Wildman–Crippen MR) is 98.3 cm³/mol. The van der Waals surface area contributed by atoms with E-state index >= 15 is 0 Å². The van der Waals surface area contributed by atoms with Crippen molar-refractivity contribution in [2.45, 2.75) is 33.3 Å². The van der Waals surface area contributed by atoms with Gasteiger partial charge in [-0.05, 0) is 19.4 Å². The van der Waals surface area contributed by atoms with Crippen LogP contribution >= 0.6 is 0 Å². The summed E-state index contributed by atoms with van der Waals surface area (Å²) in [7, 11) is 0. The van der Waals surface area contributed by atoms with Crippen molar-refractivity contribution < 1.29 is 28.3 Å². The largest absolute Gasteiger partial charge is 0.450 e. The van der Waals surface area contributed by atoms with Crippen molar-refractivity contribution in [2.75, 3.05) is 19.8 Å². The van der Waals surface area contributed by atoms with E-state index in [1.165, 1.54) is 0 Å². The van der Waals surface area contributed by atoms with E-state index < -0.39 is 24.5 Å². The Morgan fingerprint density at radius 3 is 2.67 bits per heavy atom. The van der Waals surface area contributed by atoms with Crippen molar-refractivity contribution in [1.82, 2.24) is 10.6 Å². The molecule has 1 aromatic carbocycles. The molecule has 0 aliphatic rings. The predicted octanol–water partition coefficient (Wildman–Crippen LogP) is 2.75. The number of benzene rings is 1. The average molecular weight is 376 g/mol. The number of esters is 1. The molecule has 2 aromatic rings. The highest BCUT2D eigenvalue weighted by Gasteiger charge is 2.22. The molecule has 1 aromatic heterocycles. The Labute approximate surface area is 157 Å². The molecule has 8 nitrogen and oxygen atoms in total. The summed E-state index contributed by atoms with van der Waals surface area (Å²) < 4.78 is 16.0. The van der Waals surface area contributed by atoms with Crippen LogP contribution in [0.3, 0.4) is 0 Å². The molecule has 2 rings (SSSR count). The number of para-hydroxylation sites is 1. The number of hydrogen-bond donors (Lipinski definition) is 2. The van der Waals surface area contributed by atoms with Crippen molar-refractivity contribution in [1.29, 1.82) is 0 Å². The summed E-state index contributed by atoms with van der Waals surface area (Å²) in [6.07, 6.45) is 1.73. The van der Waals surface area contributed by atoms with E-state index in [-0.39, 0.29) is 12.4 Å². The lowest BCUT2D eigenvalue weighted by Gasteiger charge is -2.07. The number of furan rings is 1. The monoisotopic (exact) mass is 376 g/mol. The summed E-state index contributed by atoms with van der Waals surface area (Å²) >= 11 is 0. The summed E-state index contributed by atoms with van der Waals surface area (Å²) in [5.74, 6) is -1.52. The van der Waals surface area contributed by atoms with E-state index in [0.717, 1.165) is 18.2 Å². The Morgan fingerprint density at radius 1 is 1.15 bits per heavy atom. The van der Waals surface area contributed by atoms with Crippen LogP contribution < -0.4 is 10.6 Å². The standard InChI is InChI=1S/C19H24N2O6/c1-3-5-10-20-19(24)21-16(22)12-26-18(23)17-14(11-25-4-2)13-8-6-7-9-15(13)27-17/h6-9H,3-5,10-12H2,1-2H3,(H2,20,21,22,24). The lowest BCUT2D eigenvalue weighted by molar-refractivity contribution is -0.123. The number of ether oxygens (including phenoxy) is 2. The van der Waals surface area contributed by atoms with Crippen LogP contribution in [0.15, 0.2) is 28.7 Å². The first-order valence-electron chi connectivity index (χ1n) is 8.89. The number of amides is 3. The zero-order valence-electron chi connectivity index (χ0n) is 15.5. The zero-order valence-corrected chi connectivity index (χ0v) is 15.5. The van der Waals surface area contributed by atoms with Gasteiger partial charge >= 0.3 is 12.0 Å². The minimum Gasteiger partial charge on any atom is -0.450 e. The van der Waals surface area contributed by atoms with Gasteiger partial charge in [0.15, 0.2) is 6.61 Å². The third kappa shape index (κ3) is 5.82. The number of urea groups is 1. The number of carbonyl (C=O) groups is 3. The fourth-order valence-electron chi connectivity index (χ4n) is 2.39. The summed E-state index contributed by atoms with van der Waals surface area (Å²) in [6, 6.07) is 6.54. The fourth-order valence-corrected chi connectivity index (χ4v) is 2.39. The number of imide groups is 1. The number of unbranched alkanes of at least 4 members (excludes halogenated alkanes) is 1. The Balaban J connectivity index is 1.97. The molecular formula is C19H24N2O6. The molecule has 0 bridgehead atoms. The lowest BCUT2D eigenvalue weighted by Crippen LogP contribution is -2.41. The number of nitrogens with one attached hydrogen (secondary N) is 2. The van der Waals surface area contributed by atoms with Crippen LogP contribution in [0, 0.1) is 0 Å². The van der Waals surface area contributed by atoms with E-state index in [0.29, 0.717) is 24.3 Å². The third-order valence-electron chi connectivity index (χ3n) is 3.74. The van der Waals surface area contributed by atoms with Crippen molar-refractivity contribution in [3.05, 3.63) is 35.6 Å². The van der Waals surface area contributed by atoms with Crippen LogP contribution in [0.4, 0.5) is 4.79 Å². The van der Waals surface area contributed by atoms with Crippen LogP contribution in [-0.4, -0.2) is 37.7 Å². The SMILES string of the molecule is CCCCNC(=O)NC(=O)COC(=O)c1oc2ccccc2c1COCC. The van der Waals surface area contributed by atoms with Gasteiger partial charge < -0.3 is 19.2 Å². The molecule has 8 heteroatoms. The minimum atomic E-state index is -0.789. The Kier molecular flexibility index (Phi) is 7.81. The van der Waals surface area contributed by atoms with E-state index in [1.807, 2.05) is 26.0 Å². The molecule has 0 saturated heterocycles. The molecule has 27 heavy (non-hydrogen) atoms. The molecule has 0 aliphatic carbocycles. The van der Waals surface area contributed by atoms with Gasteiger partial charge in [-0.2, -0.15) is 0 Å². The van der Waals surface area contributed by atoms with Gasteiger partial charge in [0.2, 0.25) is 5.76 Å². The van der Waals surface area contributed by atoms with Crippen molar-refractivity contribution in [3.63, 3.8) is 0 Å². The summed E-state index contributed by atoms with van der Waals surface area (Å²) in [4.78, 5) is 35.6. The van der Waals surface area contributed by atoms with Gasteiger partial charge in [0, 0.05) is 24.1 Å². The maximum absolute atomic E-state index is 12.3. The molecule has 0 aliphatic heterocycles. The van der Waals surface area contributed by atoms with Gasteiger partial charge in [0.05, 0.1) is 6.61 Å². The first-order valence-corrected chi connectivity index (χ1v) is 8.89. The average Bonchev–Trinajstić information content (AvgIpc) is 3.03. The van der Waals surface area contributed by atoms with E-state index in [9.17, 15) is 14.4 Å². The van der Waals surface area contributed by atoms with E-state index in [2.05, 4.69) is 10.6 Å². The van der Waals surface area contributed by atoms with Gasteiger partial charge in [-0.15, -0.1) is 0 Å². The van der Waals surface area contributed by atoms with Crippen molar-refractivity contribution in [2.24, 2.45) is 0 Å². The van der Waals surface area contributed by atoms with Crippen LogP contribution in [0.2, 0.25) is 0 Å². The molecule has 2 N–H and O–H groups in total. The summed E-state index contributed by atoms with van der Waals surface area (Å²) in [5, 5.41) is 5.38. The highest BCUT2D eigenvalue weighted by molar-refractivity contribution is 5.98. The second kappa shape index (κ2) is 10.3. The van der Waals surface area contributed by atoms with Gasteiger partial charge in [-0.25, -0.2) is 9.59 Å². The first kappa shape index (κ1) is 20.4. The third-order valence-corrected chi connectivity index (χ3v) is 3.74. The van der Waals surface area contributed by atoms with Gasteiger partial charge in [0.25, 0.3) is 5.91 Å². The summed E-state index contributed by atoms with van der Waals surface area (Å²) in [5.41, 5.74) is 1.09. The van der Waals surface area contributed by atoms with Crippen LogP contribution in [-0.2, 0) is 20.9 Å². The molecule has 1 heterocycles. The van der Waals surface area contributed by atoms with Gasteiger partial charge in [-0.1, -0.05) is 31.5 Å². The molecule has 0 atom stereocenters. The maximum atomic E-state index is 12.3. The number of rotatable bonds is 9. The second-order valence-electron chi connectivity index (χ2n) is 5.78. The molecule has 3 amide bonds. The molecule has 0 spiro atoms. The topological polar surface area (TPSA) is 107 Å². The summed E-state index contributed by atoms with van der Waals surface area (Å²) in [6.45, 7) is 4.37. The Morgan fingerprint density at radius 2 is 1.93 bits per heavy atom. The molecule has 0 saturated carbocycles. The molecule has 0 radical (unpaired) electrons. The zero-order chi connectivity index (χ0) is 19.6. The second-order valence-corrected chi connectivity index (χ2v) is 5.78.